The topological polar surface area (TPSA) is 71.1 Å². The molecule has 1 aliphatic rings. The molecule has 6 nitrogen and oxygen atoms in total. The van der Waals surface area contributed by atoms with Crippen LogP contribution >= 0.6 is 0 Å². The van der Waals surface area contributed by atoms with E-state index in [1.54, 1.807) is 0 Å². The number of rotatable bonds is 12. The third-order valence-corrected chi connectivity index (χ3v) is 8.60. The molecule has 5 rings (SSSR count). The van der Waals surface area contributed by atoms with Gasteiger partial charge in [-0.3, -0.25) is 0 Å². The lowest BCUT2D eigenvalue weighted by Gasteiger charge is -2.37. The van der Waals surface area contributed by atoms with Crippen molar-refractivity contribution in [1.29, 1.82) is 0 Å². The maximum atomic E-state index is 11.7. The Balaban J connectivity index is 1.78. The number of aryl methyl sites for hydroxylation is 2. The second-order valence-electron chi connectivity index (χ2n) is 11.0. The van der Waals surface area contributed by atoms with Crippen LogP contribution in [0.3, 0.4) is 0 Å². The number of hydrogen-bond donors (Lipinski definition) is 0. The quantitative estimate of drug-likeness (QED) is 0.0837. The number of carbonyl (C=O) groups is 2. The molecule has 0 radical (unpaired) electrons. The fourth-order valence-corrected chi connectivity index (χ4v) is 6.19. The predicted molar refractivity (Wildman–Crippen MR) is 176 cm³/mol. The van der Waals surface area contributed by atoms with Gasteiger partial charge in [-0.05, 0) is 72.2 Å². The molecular formula is C39H38O6. The number of fused-ring (bicyclic) bond motifs is 3. The normalized spacial score (nSPS) is 12.4. The van der Waals surface area contributed by atoms with E-state index in [1.165, 1.54) is 0 Å². The van der Waals surface area contributed by atoms with E-state index >= 15 is 0 Å². The van der Waals surface area contributed by atoms with E-state index in [9.17, 15) is 9.59 Å². The van der Waals surface area contributed by atoms with E-state index in [2.05, 4.69) is 114 Å². The zero-order chi connectivity index (χ0) is 32.1. The maximum absolute atomic E-state index is 11.7. The Morgan fingerprint density at radius 2 is 0.978 bits per heavy atom. The standard InChI is InChI=1S/C39H38O6/c1-7-35(40)42-21-23-44-37-27(5)25(3)17-19-33(37)39(31-15-11-9-13-29(31)30-14-10-12-16-32(30)39)34-20-18-26(4)28(6)38(34)45-24-22-43-36(41)8-2/h7-20H,1-2,21-24H2,3-6H3. The van der Waals surface area contributed by atoms with Gasteiger partial charge in [-0.15, -0.1) is 0 Å². The molecule has 0 aliphatic heterocycles. The van der Waals surface area contributed by atoms with Gasteiger partial charge in [0.15, 0.2) is 0 Å². The molecule has 45 heavy (non-hydrogen) atoms. The highest BCUT2D eigenvalue weighted by Crippen LogP contribution is 2.60. The van der Waals surface area contributed by atoms with E-state index in [-0.39, 0.29) is 26.4 Å². The van der Waals surface area contributed by atoms with E-state index in [1.807, 2.05) is 0 Å². The number of ether oxygens (including phenoxy) is 4. The lowest BCUT2D eigenvalue weighted by Crippen LogP contribution is -2.31. The number of hydrogen-bond acceptors (Lipinski definition) is 6. The van der Waals surface area contributed by atoms with Crippen molar-refractivity contribution in [2.75, 3.05) is 26.4 Å². The lowest BCUT2D eigenvalue weighted by molar-refractivity contribution is -0.139. The van der Waals surface area contributed by atoms with Crippen molar-refractivity contribution in [3.8, 4) is 22.6 Å². The van der Waals surface area contributed by atoms with Gasteiger partial charge in [0.05, 0.1) is 5.41 Å². The van der Waals surface area contributed by atoms with Crippen LogP contribution < -0.4 is 9.47 Å². The van der Waals surface area contributed by atoms with Crippen molar-refractivity contribution in [2.24, 2.45) is 0 Å². The van der Waals surface area contributed by atoms with Crippen LogP contribution in [-0.2, 0) is 24.5 Å². The maximum Gasteiger partial charge on any atom is 0.330 e. The largest absolute Gasteiger partial charge is 0.489 e. The second-order valence-corrected chi connectivity index (χ2v) is 11.0. The van der Waals surface area contributed by atoms with Crippen LogP contribution in [0.15, 0.2) is 98.1 Å². The monoisotopic (exact) mass is 602 g/mol. The van der Waals surface area contributed by atoms with Gasteiger partial charge in [-0.25, -0.2) is 9.59 Å². The van der Waals surface area contributed by atoms with Crippen molar-refractivity contribution < 1.29 is 28.5 Å². The average molecular weight is 603 g/mol. The summed E-state index contributed by atoms with van der Waals surface area (Å²) in [6.45, 7) is 15.7. The van der Waals surface area contributed by atoms with Crippen LogP contribution in [0.5, 0.6) is 11.5 Å². The molecule has 0 amide bonds. The van der Waals surface area contributed by atoms with Gasteiger partial charge in [-0.2, -0.15) is 0 Å². The van der Waals surface area contributed by atoms with Gasteiger partial charge in [0.25, 0.3) is 0 Å². The first-order valence-corrected chi connectivity index (χ1v) is 15.0. The molecule has 0 heterocycles. The highest BCUT2D eigenvalue weighted by Gasteiger charge is 2.49. The second kappa shape index (κ2) is 13.3. The van der Waals surface area contributed by atoms with Crippen molar-refractivity contribution >= 4 is 11.9 Å². The van der Waals surface area contributed by atoms with Gasteiger partial charge in [0.2, 0.25) is 0 Å². The van der Waals surface area contributed by atoms with E-state index in [0.29, 0.717) is 0 Å². The first kappa shape index (κ1) is 31.3. The number of carbonyl (C=O) groups excluding carboxylic acids is 2. The van der Waals surface area contributed by atoms with Crippen molar-refractivity contribution in [2.45, 2.75) is 33.1 Å². The van der Waals surface area contributed by atoms with E-state index < -0.39 is 17.4 Å². The van der Waals surface area contributed by atoms with Crippen LogP contribution in [0, 0.1) is 27.7 Å². The molecule has 0 bridgehead atoms. The van der Waals surface area contributed by atoms with Crippen molar-refractivity contribution in [3.05, 3.63) is 143 Å². The van der Waals surface area contributed by atoms with Crippen LogP contribution in [0.1, 0.15) is 44.5 Å². The minimum atomic E-state index is -0.829. The average Bonchev–Trinajstić information content (AvgIpc) is 3.35. The minimum Gasteiger partial charge on any atom is -0.489 e. The summed E-state index contributed by atoms with van der Waals surface area (Å²) in [7, 11) is 0. The third kappa shape index (κ3) is 5.64. The van der Waals surface area contributed by atoms with Crippen LogP contribution in [-0.4, -0.2) is 38.4 Å². The molecule has 0 fully saturated rings. The summed E-state index contributed by atoms with van der Waals surface area (Å²) in [5.74, 6) is 0.455. The highest BCUT2D eigenvalue weighted by atomic mass is 16.6. The zero-order valence-corrected chi connectivity index (χ0v) is 26.3. The Bertz CT molecular complexity index is 1650. The molecule has 0 spiro atoms. The highest BCUT2D eigenvalue weighted by molar-refractivity contribution is 5.88. The van der Waals surface area contributed by atoms with Gasteiger partial charge in [-0.1, -0.05) is 86.0 Å². The Hall–Kier alpha value is -5.10. The van der Waals surface area contributed by atoms with Gasteiger partial charge in [0, 0.05) is 23.3 Å². The molecule has 0 atom stereocenters. The Morgan fingerprint density at radius 3 is 1.38 bits per heavy atom. The van der Waals surface area contributed by atoms with Crippen molar-refractivity contribution in [3.63, 3.8) is 0 Å². The summed E-state index contributed by atoms with van der Waals surface area (Å²) in [4.78, 5) is 23.5. The third-order valence-electron chi connectivity index (χ3n) is 8.60. The summed E-state index contributed by atoms with van der Waals surface area (Å²) in [5.41, 5.74) is 9.66. The van der Waals surface area contributed by atoms with Crippen LogP contribution in [0.4, 0.5) is 0 Å². The lowest BCUT2D eigenvalue weighted by atomic mass is 9.66. The molecule has 0 saturated carbocycles. The molecule has 1 aliphatic carbocycles. The summed E-state index contributed by atoms with van der Waals surface area (Å²) < 4.78 is 23.6. The van der Waals surface area contributed by atoms with E-state index in [4.69, 9.17) is 18.9 Å². The fraction of sp³-hybridized carbons (Fsp3) is 0.231. The minimum absolute atomic E-state index is 0.0826. The van der Waals surface area contributed by atoms with Gasteiger partial charge in [0.1, 0.15) is 37.9 Å². The predicted octanol–water partition coefficient (Wildman–Crippen LogP) is 7.50. The molecule has 4 aromatic rings. The molecule has 230 valence electrons. The van der Waals surface area contributed by atoms with Gasteiger partial charge < -0.3 is 18.9 Å². The van der Waals surface area contributed by atoms with Gasteiger partial charge >= 0.3 is 11.9 Å². The summed E-state index contributed by atoms with van der Waals surface area (Å²) in [5, 5.41) is 0. The van der Waals surface area contributed by atoms with Crippen LogP contribution in [0.25, 0.3) is 11.1 Å². The summed E-state index contributed by atoms with van der Waals surface area (Å²) in [6, 6.07) is 25.4. The zero-order valence-electron chi connectivity index (χ0n) is 26.3. The Morgan fingerprint density at radius 1 is 0.578 bits per heavy atom. The molecule has 0 aromatic heterocycles. The molecule has 0 saturated heterocycles. The Labute approximate surface area is 264 Å². The number of esters is 2. The molecular weight excluding hydrogens is 564 g/mol. The summed E-state index contributed by atoms with van der Waals surface area (Å²) in [6.07, 6.45) is 2.29. The smallest absolute Gasteiger partial charge is 0.330 e. The molecule has 0 unspecified atom stereocenters. The Kier molecular flexibility index (Phi) is 9.24. The first-order valence-electron chi connectivity index (χ1n) is 15.0. The molecule has 0 N–H and O–H groups in total. The summed E-state index contributed by atoms with van der Waals surface area (Å²) >= 11 is 0. The van der Waals surface area contributed by atoms with Crippen LogP contribution in [0.2, 0.25) is 0 Å². The fourth-order valence-electron chi connectivity index (χ4n) is 6.19. The number of benzene rings is 4. The van der Waals surface area contributed by atoms with Crippen molar-refractivity contribution in [1.82, 2.24) is 0 Å². The molecule has 6 heteroatoms. The van der Waals surface area contributed by atoms with E-state index in [0.717, 1.165) is 79.3 Å². The first-order chi connectivity index (χ1) is 21.7. The molecule has 4 aromatic carbocycles. The SMILES string of the molecule is C=CC(=O)OCCOc1c(C2(c3ccc(C)c(C)c3OCCOC(=O)C=C)c3ccccc3-c3ccccc32)ccc(C)c1C.